The van der Waals surface area contributed by atoms with Gasteiger partial charge in [0.1, 0.15) is 5.75 Å². The van der Waals surface area contributed by atoms with Crippen LogP contribution in [0.1, 0.15) is 18.9 Å². The molecule has 0 amide bonds. The van der Waals surface area contributed by atoms with E-state index in [1.165, 1.54) is 16.3 Å². The third kappa shape index (κ3) is 3.60. The standard InChI is InChI=1S/C19H25NO2/c1-2-22-19-10-9-16-6-3-4-7-17(16)18(19)8-5-11-20-12-14-21-15-13-20/h3-4,6-7,9-10H,2,5,8,11-15H2,1H3. The molecule has 118 valence electrons. The molecule has 0 saturated carbocycles. The van der Waals surface area contributed by atoms with Gasteiger partial charge in [0.2, 0.25) is 0 Å². The van der Waals surface area contributed by atoms with Gasteiger partial charge in [0.15, 0.2) is 0 Å². The molecule has 0 aromatic heterocycles. The highest BCUT2D eigenvalue weighted by molar-refractivity contribution is 5.87. The summed E-state index contributed by atoms with van der Waals surface area (Å²) < 4.78 is 11.3. The molecule has 1 heterocycles. The Hall–Kier alpha value is -1.58. The van der Waals surface area contributed by atoms with Crippen molar-refractivity contribution in [3.05, 3.63) is 42.0 Å². The summed E-state index contributed by atoms with van der Waals surface area (Å²) >= 11 is 0. The van der Waals surface area contributed by atoms with Crippen molar-refractivity contribution in [2.45, 2.75) is 19.8 Å². The molecule has 3 rings (SSSR count). The molecule has 2 aromatic carbocycles. The summed E-state index contributed by atoms with van der Waals surface area (Å²) in [4.78, 5) is 2.50. The molecule has 0 bridgehead atoms. The topological polar surface area (TPSA) is 21.7 Å². The fourth-order valence-corrected chi connectivity index (χ4v) is 3.17. The third-order valence-electron chi connectivity index (χ3n) is 4.30. The van der Waals surface area contributed by atoms with Gasteiger partial charge in [0.05, 0.1) is 19.8 Å². The number of rotatable bonds is 6. The number of aryl methyl sites for hydroxylation is 1. The van der Waals surface area contributed by atoms with Crippen LogP contribution < -0.4 is 4.74 Å². The zero-order chi connectivity index (χ0) is 15.2. The van der Waals surface area contributed by atoms with Crippen LogP contribution in [0.2, 0.25) is 0 Å². The van der Waals surface area contributed by atoms with E-state index in [1.54, 1.807) is 0 Å². The molecule has 0 spiro atoms. The van der Waals surface area contributed by atoms with Crippen LogP contribution in [-0.4, -0.2) is 44.4 Å². The van der Waals surface area contributed by atoms with Crippen LogP contribution in [-0.2, 0) is 11.2 Å². The van der Waals surface area contributed by atoms with Crippen LogP contribution >= 0.6 is 0 Å². The molecular formula is C19H25NO2. The van der Waals surface area contributed by atoms with E-state index in [4.69, 9.17) is 9.47 Å². The number of benzene rings is 2. The predicted molar refractivity (Wildman–Crippen MR) is 90.7 cm³/mol. The largest absolute Gasteiger partial charge is 0.494 e. The SMILES string of the molecule is CCOc1ccc2ccccc2c1CCCN1CCOCC1. The molecule has 0 atom stereocenters. The summed E-state index contributed by atoms with van der Waals surface area (Å²) in [7, 11) is 0. The van der Waals surface area contributed by atoms with E-state index < -0.39 is 0 Å². The second-order valence-electron chi connectivity index (χ2n) is 5.75. The maximum Gasteiger partial charge on any atom is 0.123 e. The van der Waals surface area contributed by atoms with Gasteiger partial charge in [-0.05, 0) is 43.1 Å². The van der Waals surface area contributed by atoms with Crippen LogP contribution in [0.5, 0.6) is 5.75 Å². The Kier molecular flexibility index (Phi) is 5.30. The van der Waals surface area contributed by atoms with E-state index in [0.29, 0.717) is 0 Å². The first kappa shape index (κ1) is 15.3. The van der Waals surface area contributed by atoms with Crippen LogP contribution in [0.4, 0.5) is 0 Å². The summed E-state index contributed by atoms with van der Waals surface area (Å²) in [6.45, 7) is 7.78. The Morgan fingerprint density at radius 3 is 2.73 bits per heavy atom. The van der Waals surface area contributed by atoms with Crippen LogP contribution in [0.25, 0.3) is 10.8 Å². The first-order chi connectivity index (χ1) is 10.9. The van der Waals surface area contributed by atoms with E-state index in [0.717, 1.165) is 58.0 Å². The van der Waals surface area contributed by atoms with Crippen LogP contribution in [0, 0.1) is 0 Å². The van der Waals surface area contributed by atoms with Crippen molar-refractivity contribution in [3.8, 4) is 5.75 Å². The molecule has 1 fully saturated rings. The molecule has 1 saturated heterocycles. The average molecular weight is 299 g/mol. The number of morpholine rings is 1. The molecule has 2 aromatic rings. The lowest BCUT2D eigenvalue weighted by atomic mass is 9.99. The van der Waals surface area contributed by atoms with Gasteiger partial charge in [0.25, 0.3) is 0 Å². The number of nitrogens with zero attached hydrogens (tertiary/aromatic N) is 1. The molecule has 0 unspecified atom stereocenters. The van der Waals surface area contributed by atoms with Crippen molar-refractivity contribution in [2.75, 3.05) is 39.5 Å². The summed E-state index contributed by atoms with van der Waals surface area (Å²) in [6, 6.07) is 12.9. The van der Waals surface area contributed by atoms with Crippen LogP contribution in [0.15, 0.2) is 36.4 Å². The normalized spacial score (nSPS) is 16.0. The van der Waals surface area contributed by atoms with E-state index in [1.807, 2.05) is 6.92 Å². The van der Waals surface area contributed by atoms with Gasteiger partial charge >= 0.3 is 0 Å². The lowest BCUT2D eigenvalue weighted by molar-refractivity contribution is 0.0374. The quantitative estimate of drug-likeness (QED) is 0.815. The lowest BCUT2D eigenvalue weighted by Gasteiger charge is -2.26. The number of hydrogen-bond acceptors (Lipinski definition) is 3. The van der Waals surface area contributed by atoms with Crippen molar-refractivity contribution in [1.82, 2.24) is 4.90 Å². The van der Waals surface area contributed by atoms with Crippen molar-refractivity contribution in [1.29, 1.82) is 0 Å². The number of hydrogen-bond donors (Lipinski definition) is 0. The molecule has 1 aliphatic heterocycles. The fraction of sp³-hybridized carbons (Fsp3) is 0.474. The zero-order valence-electron chi connectivity index (χ0n) is 13.4. The highest BCUT2D eigenvalue weighted by Gasteiger charge is 2.12. The maximum atomic E-state index is 5.85. The van der Waals surface area contributed by atoms with Gasteiger partial charge in [-0.2, -0.15) is 0 Å². The minimum absolute atomic E-state index is 0.717. The summed E-state index contributed by atoms with van der Waals surface area (Å²) in [5.74, 6) is 1.04. The van der Waals surface area contributed by atoms with Crippen molar-refractivity contribution < 1.29 is 9.47 Å². The van der Waals surface area contributed by atoms with Gasteiger partial charge in [-0.1, -0.05) is 30.3 Å². The Labute approximate surface area is 132 Å². The highest BCUT2D eigenvalue weighted by Crippen LogP contribution is 2.29. The minimum atomic E-state index is 0.717. The second kappa shape index (κ2) is 7.61. The van der Waals surface area contributed by atoms with Gasteiger partial charge in [-0.3, -0.25) is 4.90 Å². The van der Waals surface area contributed by atoms with Gasteiger partial charge in [-0.15, -0.1) is 0 Å². The van der Waals surface area contributed by atoms with Gasteiger partial charge in [-0.25, -0.2) is 0 Å². The Morgan fingerprint density at radius 2 is 1.91 bits per heavy atom. The van der Waals surface area contributed by atoms with Gasteiger partial charge in [0, 0.05) is 18.7 Å². The van der Waals surface area contributed by atoms with Crippen molar-refractivity contribution >= 4 is 10.8 Å². The summed E-state index contributed by atoms with van der Waals surface area (Å²) in [5.41, 5.74) is 1.35. The third-order valence-corrected chi connectivity index (χ3v) is 4.30. The molecule has 3 nitrogen and oxygen atoms in total. The Morgan fingerprint density at radius 1 is 1.09 bits per heavy atom. The summed E-state index contributed by atoms with van der Waals surface area (Å²) in [6.07, 6.45) is 2.22. The first-order valence-electron chi connectivity index (χ1n) is 8.32. The van der Waals surface area contributed by atoms with E-state index in [2.05, 4.69) is 41.3 Å². The Balaban J connectivity index is 1.73. The monoisotopic (exact) mass is 299 g/mol. The molecule has 0 N–H and O–H groups in total. The van der Waals surface area contributed by atoms with Gasteiger partial charge < -0.3 is 9.47 Å². The van der Waals surface area contributed by atoms with Crippen LogP contribution in [0.3, 0.4) is 0 Å². The molecule has 22 heavy (non-hydrogen) atoms. The second-order valence-corrected chi connectivity index (χ2v) is 5.75. The summed E-state index contributed by atoms with van der Waals surface area (Å²) in [5, 5.41) is 2.63. The molecule has 0 aliphatic carbocycles. The molecule has 1 aliphatic rings. The highest BCUT2D eigenvalue weighted by atomic mass is 16.5. The first-order valence-corrected chi connectivity index (χ1v) is 8.32. The van der Waals surface area contributed by atoms with E-state index >= 15 is 0 Å². The van der Waals surface area contributed by atoms with E-state index in [9.17, 15) is 0 Å². The number of fused-ring (bicyclic) bond motifs is 1. The molecule has 3 heteroatoms. The van der Waals surface area contributed by atoms with E-state index in [-0.39, 0.29) is 0 Å². The fourth-order valence-electron chi connectivity index (χ4n) is 3.17. The van der Waals surface area contributed by atoms with Crippen molar-refractivity contribution in [3.63, 3.8) is 0 Å². The lowest BCUT2D eigenvalue weighted by Crippen LogP contribution is -2.36. The number of ether oxygens (including phenoxy) is 2. The predicted octanol–water partition coefficient (Wildman–Crippen LogP) is 3.50. The maximum absolute atomic E-state index is 5.85. The molecular weight excluding hydrogens is 274 g/mol. The minimum Gasteiger partial charge on any atom is -0.494 e. The Bertz CT molecular complexity index is 605. The molecule has 0 radical (unpaired) electrons. The smallest absolute Gasteiger partial charge is 0.123 e. The average Bonchev–Trinajstić information content (AvgIpc) is 2.57. The zero-order valence-corrected chi connectivity index (χ0v) is 13.4. The van der Waals surface area contributed by atoms with Crippen molar-refractivity contribution in [2.24, 2.45) is 0 Å².